The van der Waals surface area contributed by atoms with Crippen LogP contribution in [0.4, 0.5) is 11.6 Å². The fraction of sp³-hybridized carbons (Fsp3) is 0. The minimum Gasteiger partial charge on any atom is 1.00 e. The van der Waals surface area contributed by atoms with Gasteiger partial charge in [-0.25, -0.2) is 0 Å². The Morgan fingerprint density at radius 2 is 0.857 bits per heavy atom. The molecule has 0 N–H and O–H groups in total. The maximum absolute atomic E-state index is 13.4. The van der Waals surface area contributed by atoms with Crippen LogP contribution in [0.15, 0.2) is 171 Å². The second kappa shape index (κ2) is 13.4. The van der Waals surface area contributed by atoms with Gasteiger partial charge in [0.2, 0.25) is 0 Å². The average Bonchev–Trinajstić information content (AvgIpc) is 3.97. The number of nitrogens with zero attached hydrogens (tertiary/aromatic N) is 7. The molecule has 63 heavy (non-hydrogen) atoms. The molecular weight excluding hydrogens is 875 g/mol. The van der Waals surface area contributed by atoms with Crippen LogP contribution in [-0.2, 0) is 13.4 Å². The van der Waals surface area contributed by atoms with Crippen LogP contribution in [0.2, 0.25) is 0 Å². The summed E-state index contributed by atoms with van der Waals surface area (Å²) in [6, 6.07) is 48.9. The molecule has 4 aliphatic heterocycles. The Balaban J connectivity index is 0.00000402. The minimum absolute atomic E-state index is 0. The van der Waals surface area contributed by atoms with Gasteiger partial charge in [0, 0.05) is 0 Å². The summed E-state index contributed by atoms with van der Waals surface area (Å²) in [5, 5.41) is 11.4. The first-order valence-electron chi connectivity index (χ1n) is 20.1. The molecule has 6 heterocycles. The maximum atomic E-state index is 13.4. The van der Waals surface area contributed by atoms with Crippen LogP contribution >= 0.6 is 0 Å². The molecule has 2 aromatic heterocycles. The summed E-state index contributed by atoms with van der Waals surface area (Å²) < 4.78 is 49.8. The summed E-state index contributed by atoms with van der Waals surface area (Å²) >= 11 is -4.68. The summed E-state index contributed by atoms with van der Waals surface area (Å²) in [7, 11) is -5.35. The molecule has 0 aliphatic carbocycles. The zero-order chi connectivity index (χ0) is 41.0. The molecule has 0 saturated carbocycles. The SMILES string of the molecule is O=S(=O)([O-])[O][Ga]1[n]2c3c4cc5ccccc5cc4c2N=C2N=C(N=c4c5cc6ccccc6cc5c([n]41)=CC1=NC(=N3)c3cc4ccccc4cc31)c1cc3ccccc3cc12.[Na+]. The summed E-state index contributed by atoms with van der Waals surface area (Å²) in [5.41, 5.74) is 4.28. The van der Waals surface area contributed by atoms with Crippen molar-refractivity contribution in [2.75, 3.05) is 0 Å². The van der Waals surface area contributed by atoms with Gasteiger partial charge in [0.05, 0.1) is 0 Å². The van der Waals surface area contributed by atoms with Crippen molar-refractivity contribution in [2.45, 2.75) is 0 Å². The number of hydrogen-bond acceptors (Lipinski definition) is 9. The van der Waals surface area contributed by atoms with Crippen LogP contribution in [0.5, 0.6) is 0 Å². The summed E-state index contributed by atoms with van der Waals surface area (Å²) in [5.74, 6) is 2.01. The summed E-state index contributed by atoms with van der Waals surface area (Å²) in [4.78, 5) is 26.7. The topological polar surface area (TPSA) is 138 Å². The van der Waals surface area contributed by atoms with E-state index in [1.807, 2.05) is 94.3 Å². The van der Waals surface area contributed by atoms with Crippen molar-refractivity contribution in [3.8, 4) is 0 Å². The number of amidine groups is 3. The van der Waals surface area contributed by atoms with Crippen molar-refractivity contribution in [1.82, 2.24) is 6.55 Å². The van der Waals surface area contributed by atoms with Crippen LogP contribution in [0, 0.1) is 0 Å². The molecule has 290 valence electrons. The molecule has 0 atom stereocenters. The molecular formula is C49H25GaN7NaO4S. The largest absolute Gasteiger partial charge is 1.00 e. The molecule has 0 saturated heterocycles. The average molecular weight is 901 g/mol. The Morgan fingerprint density at radius 1 is 0.460 bits per heavy atom. The molecule has 0 fully saturated rings. The van der Waals surface area contributed by atoms with Crippen molar-refractivity contribution < 1.29 is 45.5 Å². The maximum Gasteiger partial charge on any atom is 1.00 e. The van der Waals surface area contributed by atoms with Gasteiger partial charge < -0.3 is 0 Å². The van der Waals surface area contributed by atoms with Gasteiger partial charge in [0.1, 0.15) is 0 Å². The third-order valence-electron chi connectivity index (χ3n) is 12.5. The molecule has 11 nitrogen and oxygen atoms in total. The van der Waals surface area contributed by atoms with E-state index in [9.17, 15) is 13.0 Å². The van der Waals surface area contributed by atoms with E-state index in [-0.39, 0.29) is 29.6 Å². The number of aromatic nitrogens is 2. The van der Waals surface area contributed by atoms with Gasteiger partial charge >= 0.3 is 389 Å². The van der Waals surface area contributed by atoms with Gasteiger partial charge in [0.15, 0.2) is 0 Å². The second-order valence-electron chi connectivity index (χ2n) is 16.0. The third-order valence-corrected chi connectivity index (χ3v) is 19.4. The molecule has 0 unspecified atom stereocenters. The normalized spacial score (nSPS) is 14.8. The van der Waals surface area contributed by atoms with Crippen LogP contribution < -0.4 is 40.4 Å². The predicted octanol–water partition coefficient (Wildman–Crippen LogP) is 5.22. The van der Waals surface area contributed by atoms with Crippen LogP contribution in [0.1, 0.15) is 22.3 Å². The van der Waals surface area contributed by atoms with Gasteiger partial charge in [-0.3, -0.25) is 0 Å². The first-order chi connectivity index (χ1) is 30.3. The smallest absolute Gasteiger partial charge is 1.00 e. The van der Waals surface area contributed by atoms with Crippen molar-refractivity contribution in [3.63, 3.8) is 0 Å². The van der Waals surface area contributed by atoms with Crippen molar-refractivity contribution in [1.29, 1.82) is 0 Å². The van der Waals surface area contributed by atoms with Crippen molar-refractivity contribution in [3.05, 3.63) is 179 Å². The molecule has 0 amide bonds. The van der Waals surface area contributed by atoms with Crippen molar-refractivity contribution in [2.24, 2.45) is 25.0 Å². The number of fused-ring (bicyclic) bond motifs is 18. The molecule has 8 aromatic carbocycles. The number of hydrogen-bond donors (Lipinski definition) is 0. The molecule has 10 aromatic rings. The zero-order valence-corrected chi connectivity index (χ0v) is 38.4. The Hall–Kier alpha value is -6.26. The molecule has 14 heteroatoms. The standard InChI is InChI=1S/C49H25N7.Ga.Na.H2O4S/c1-3-11-28-19-36-34(17-26(28)9-1)42-25-43-35-18-27-10-2-4-12-29(27)20-37(35)45(51-43)53-47-39-22-31-14-6-8-16-33(31)24-41(39)49(55-47)56-48-40-23-32-15-7-5-13-30(32)21-38(40)46(54-48)52-44(36)50-42;;;1-5(2,3)4/h1-25H;;;(H2,1,2,3,4)/q-2;+3;+1;/p-2. The van der Waals surface area contributed by atoms with Gasteiger partial charge in [0.25, 0.3) is 0 Å². The van der Waals surface area contributed by atoms with E-state index < -0.39 is 27.5 Å². The quantitative estimate of drug-likeness (QED) is 0.134. The van der Waals surface area contributed by atoms with E-state index in [1.165, 1.54) is 0 Å². The predicted molar refractivity (Wildman–Crippen MR) is 245 cm³/mol. The van der Waals surface area contributed by atoms with Gasteiger partial charge in [-0.2, -0.15) is 0 Å². The number of benzene rings is 8. The third kappa shape index (κ3) is 5.52. The Labute approximate surface area is 385 Å². The van der Waals surface area contributed by atoms with Crippen LogP contribution in [-0.4, -0.2) is 59.8 Å². The monoisotopic (exact) mass is 899 g/mol. The molecule has 6 bridgehead atoms. The number of rotatable bonds is 2. The van der Waals surface area contributed by atoms with E-state index >= 15 is 0 Å². The van der Waals surface area contributed by atoms with Gasteiger partial charge in [-0.1, -0.05) is 0 Å². The van der Waals surface area contributed by atoms with Crippen LogP contribution in [0.25, 0.3) is 70.7 Å². The van der Waals surface area contributed by atoms with Gasteiger partial charge in [-0.05, 0) is 0 Å². The Morgan fingerprint density at radius 3 is 1.35 bits per heavy atom. The first kappa shape index (κ1) is 37.3. The van der Waals surface area contributed by atoms with E-state index in [2.05, 4.69) is 60.7 Å². The first-order valence-corrected chi connectivity index (χ1v) is 24.5. The van der Waals surface area contributed by atoms with Crippen LogP contribution in [0.3, 0.4) is 0 Å². The van der Waals surface area contributed by atoms with Gasteiger partial charge in [-0.15, -0.1) is 0 Å². The minimum atomic E-state index is -5.35. The molecule has 0 radical (unpaired) electrons. The van der Waals surface area contributed by atoms with E-state index in [0.717, 1.165) is 76.1 Å². The summed E-state index contributed by atoms with van der Waals surface area (Å²) in [6.45, 7) is 0. The molecule has 14 rings (SSSR count). The molecule has 4 aliphatic rings. The summed E-state index contributed by atoms with van der Waals surface area (Å²) in [6.07, 6.45) is 1.96. The van der Waals surface area contributed by atoms with Crippen molar-refractivity contribution >= 4 is 133 Å². The Bertz CT molecular complexity index is 3950. The van der Waals surface area contributed by atoms with E-state index in [0.29, 0.717) is 56.5 Å². The van der Waals surface area contributed by atoms with E-state index in [4.69, 9.17) is 27.9 Å². The number of aliphatic imine (C=N–C) groups is 4. The molecule has 0 spiro atoms. The Kier molecular flexibility index (Phi) is 7.92. The fourth-order valence-electron chi connectivity index (χ4n) is 9.71. The van der Waals surface area contributed by atoms with E-state index in [1.54, 1.807) is 3.27 Å². The second-order valence-corrected chi connectivity index (χ2v) is 21.7. The zero-order valence-electron chi connectivity index (χ0n) is 33.2. The fourth-order valence-corrected chi connectivity index (χ4v) is 16.5.